The normalized spacial score (nSPS) is 18.5. The van der Waals surface area contributed by atoms with Gasteiger partial charge in [-0.2, -0.15) is 5.10 Å². The zero-order valence-electron chi connectivity index (χ0n) is 13.9. The summed E-state index contributed by atoms with van der Waals surface area (Å²) in [5.41, 5.74) is 2.47. The van der Waals surface area contributed by atoms with Gasteiger partial charge in [0.2, 0.25) is 10.0 Å². The van der Waals surface area contributed by atoms with E-state index in [0.29, 0.717) is 6.54 Å². The first kappa shape index (κ1) is 17.1. The van der Waals surface area contributed by atoms with Crippen molar-refractivity contribution in [3.8, 4) is 0 Å². The van der Waals surface area contributed by atoms with E-state index in [-0.39, 0.29) is 11.8 Å². The van der Waals surface area contributed by atoms with Crippen molar-refractivity contribution in [3.63, 3.8) is 0 Å². The van der Waals surface area contributed by atoms with E-state index in [9.17, 15) is 8.42 Å². The van der Waals surface area contributed by atoms with E-state index in [1.54, 1.807) is 6.92 Å². The maximum atomic E-state index is 11.6. The molecule has 7 heteroatoms. The third-order valence-electron chi connectivity index (χ3n) is 4.38. The van der Waals surface area contributed by atoms with Gasteiger partial charge in [-0.25, -0.2) is 13.1 Å². The lowest BCUT2D eigenvalue weighted by atomic mass is 10.1. The Morgan fingerprint density at radius 1 is 1.25 bits per heavy atom. The lowest BCUT2D eigenvalue weighted by molar-refractivity contribution is 0.162. The third-order valence-corrected chi connectivity index (χ3v) is 5.79. The van der Waals surface area contributed by atoms with Crippen molar-refractivity contribution in [3.05, 3.63) is 53.9 Å². The van der Waals surface area contributed by atoms with Crippen molar-refractivity contribution in [2.45, 2.75) is 32.5 Å². The van der Waals surface area contributed by atoms with E-state index >= 15 is 0 Å². The molecule has 0 aliphatic carbocycles. The second-order valence-electron chi connectivity index (χ2n) is 6.16. The van der Waals surface area contributed by atoms with Crippen LogP contribution in [0.4, 0.5) is 0 Å². The fraction of sp³-hybridized carbons (Fsp3) is 0.471. The molecule has 0 saturated carbocycles. The molecule has 1 atom stereocenters. The minimum absolute atomic E-state index is 0.116. The molecule has 6 nitrogen and oxygen atoms in total. The van der Waals surface area contributed by atoms with Crippen LogP contribution in [-0.4, -0.2) is 41.9 Å². The Morgan fingerprint density at radius 2 is 2.04 bits per heavy atom. The van der Waals surface area contributed by atoms with Gasteiger partial charge in [0.25, 0.3) is 0 Å². The Morgan fingerprint density at radius 3 is 2.79 bits per heavy atom. The SMILES string of the molecule is CCS(=O)(=O)NCC[C@@H]1CN(Cc2ccccc2)Cc2ccnn21. The molecule has 2 aromatic rings. The van der Waals surface area contributed by atoms with Crippen LogP contribution in [-0.2, 0) is 23.1 Å². The van der Waals surface area contributed by atoms with Crippen LogP contribution in [0.25, 0.3) is 0 Å². The number of rotatable bonds is 7. The van der Waals surface area contributed by atoms with E-state index in [0.717, 1.165) is 26.1 Å². The number of aromatic nitrogens is 2. The summed E-state index contributed by atoms with van der Waals surface area (Å²) in [6.07, 6.45) is 2.56. The van der Waals surface area contributed by atoms with Gasteiger partial charge >= 0.3 is 0 Å². The highest BCUT2D eigenvalue weighted by Gasteiger charge is 2.25. The second-order valence-corrected chi connectivity index (χ2v) is 8.26. The Kier molecular flexibility index (Phi) is 5.33. The molecule has 1 aromatic heterocycles. The Labute approximate surface area is 143 Å². The summed E-state index contributed by atoms with van der Waals surface area (Å²) in [7, 11) is -3.14. The molecule has 0 unspecified atom stereocenters. The lowest BCUT2D eigenvalue weighted by Gasteiger charge is -2.34. The van der Waals surface area contributed by atoms with E-state index in [4.69, 9.17) is 0 Å². The van der Waals surface area contributed by atoms with Crippen LogP contribution in [0.5, 0.6) is 0 Å². The number of sulfonamides is 1. The molecule has 24 heavy (non-hydrogen) atoms. The number of hydrogen-bond donors (Lipinski definition) is 1. The molecular weight excluding hydrogens is 324 g/mol. The van der Waals surface area contributed by atoms with Gasteiger partial charge in [-0.05, 0) is 25.0 Å². The van der Waals surface area contributed by atoms with Crippen LogP contribution in [0.2, 0.25) is 0 Å². The first-order valence-electron chi connectivity index (χ1n) is 8.33. The maximum absolute atomic E-state index is 11.6. The van der Waals surface area contributed by atoms with E-state index < -0.39 is 10.0 Å². The average molecular weight is 348 g/mol. The first-order valence-corrected chi connectivity index (χ1v) is 9.98. The van der Waals surface area contributed by atoms with Crippen LogP contribution < -0.4 is 4.72 Å². The molecule has 0 bridgehead atoms. The highest BCUT2D eigenvalue weighted by molar-refractivity contribution is 7.89. The van der Waals surface area contributed by atoms with Crippen molar-refractivity contribution in [2.75, 3.05) is 18.8 Å². The van der Waals surface area contributed by atoms with E-state index in [1.807, 2.05) is 23.0 Å². The smallest absolute Gasteiger partial charge is 0.211 e. The van der Waals surface area contributed by atoms with Gasteiger partial charge in [0.15, 0.2) is 0 Å². The Hall–Kier alpha value is -1.70. The molecule has 0 saturated heterocycles. The Balaban J connectivity index is 1.65. The summed E-state index contributed by atoms with van der Waals surface area (Å²) < 4.78 is 27.9. The molecule has 0 fully saturated rings. The number of fused-ring (bicyclic) bond motifs is 1. The fourth-order valence-electron chi connectivity index (χ4n) is 3.12. The van der Waals surface area contributed by atoms with Crippen molar-refractivity contribution < 1.29 is 8.42 Å². The summed E-state index contributed by atoms with van der Waals surface area (Å²) in [4.78, 5) is 2.39. The van der Waals surface area contributed by atoms with Crippen LogP contribution in [0.1, 0.15) is 30.6 Å². The zero-order chi connectivity index (χ0) is 17.0. The monoisotopic (exact) mass is 348 g/mol. The summed E-state index contributed by atoms with van der Waals surface area (Å²) in [5, 5.41) is 4.43. The summed E-state index contributed by atoms with van der Waals surface area (Å²) in [6.45, 7) is 4.72. The van der Waals surface area contributed by atoms with Gasteiger partial charge in [-0.15, -0.1) is 0 Å². The van der Waals surface area contributed by atoms with Crippen LogP contribution in [0.3, 0.4) is 0 Å². The Bertz CT molecular complexity index is 758. The molecule has 0 radical (unpaired) electrons. The maximum Gasteiger partial charge on any atom is 0.211 e. The first-order chi connectivity index (χ1) is 11.6. The minimum Gasteiger partial charge on any atom is -0.291 e. The van der Waals surface area contributed by atoms with Crippen LogP contribution >= 0.6 is 0 Å². The van der Waals surface area contributed by atoms with Gasteiger partial charge in [0.05, 0.1) is 17.5 Å². The molecular formula is C17H24N4O2S. The fourth-order valence-corrected chi connectivity index (χ4v) is 3.76. The topological polar surface area (TPSA) is 67.2 Å². The molecule has 1 N–H and O–H groups in total. The summed E-state index contributed by atoms with van der Waals surface area (Å²) in [6, 6.07) is 12.6. The van der Waals surface area contributed by atoms with E-state index in [1.165, 1.54) is 11.3 Å². The number of nitrogens with one attached hydrogen (secondary N) is 1. The van der Waals surface area contributed by atoms with Crippen LogP contribution in [0.15, 0.2) is 42.6 Å². The molecule has 0 amide bonds. The third kappa shape index (κ3) is 4.23. The highest BCUT2D eigenvalue weighted by Crippen LogP contribution is 2.24. The highest BCUT2D eigenvalue weighted by atomic mass is 32.2. The second kappa shape index (κ2) is 7.46. The van der Waals surface area contributed by atoms with Crippen molar-refractivity contribution >= 4 is 10.0 Å². The van der Waals surface area contributed by atoms with Crippen molar-refractivity contribution in [2.24, 2.45) is 0 Å². The molecule has 0 spiro atoms. The van der Waals surface area contributed by atoms with Crippen LogP contribution in [0, 0.1) is 0 Å². The van der Waals surface area contributed by atoms with E-state index in [2.05, 4.69) is 39.0 Å². The van der Waals surface area contributed by atoms with Gasteiger partial charge < -0.3 is 0 Å². The molecule has 1 aromatic carbocycles. The van der Waals surface area contributed by atoms with Gasteiger partial charge in [-0.1, -0.05) is 30.3 Å². The number of benzene rings is 1. The number of hydrogen-bond acceptors (Lipinski definition) is 4. The summed E-state index contributed by atoms with van der Waals surface area (Å²) >= 11 is 0. The molecule has 3 rings (SSSR count). The molecule has 1 aliphatic rings. The summed E-state index contributed by atoms with van der Waals surface area (Å²) in [5.74, 6) is 0.116. The standard InChI is InChI=1S/C17H24N4O2S/c1-2-24(22,23)19-11-9-17-14-20(12-15-6-4-3-5-7-15)13-16-8-10-18-21(16)17/h3-8,10,17,19H,2,9,11-14H2,1H3/t17-/m1/s1. The minimum atomic E-state index is -3.14. The van der Waals surface area contributed by atoms with Gasteiger partial charge in [0, 0.05) is 32.4 Å². The largest absolute Gasteiger partial charge is 0.291 e. The number of nitrogens with zero attached hydrogens (tertiary/aromatic N) is 3. The lowest BCUT2D eigenvalue weighted by Crippen LogP contribution is -2.39. The van der Waals surface area contributed by atoms with Crippen molar-refractivity contribution in [1.82, 2.24) is 19.4 Å². The predicted octanol–water partition coefficient (Wildman–Crippen LogP) is 1.77. The van der Waals surface area contributed by atoms with Gasteiger partial charge in [-0.3, -0.25) is 9.58 Å². The predicted molar refractivity (Wildman–Crippen MR) is 93.9 cm³/mol. The molecule has 130 valence electrons. The van der Waals surface area contributed by atoms with Crippen molar-refractivity contribution in [1.29, 1.82) is 0 Å². The zero-order valence-corrected chi connectivity index (χ0v) is 14.7. The molecule has 1 aliphatic heterocycles. The average Bonchev–Trinajstić information content (AvgIpc) is 3.04. The quantitative estimate of drug-likeness (QED) is 0.828. The molecule has 2 heterocycles. The van der Waals surface area contributed by atoms with Gasteiger partial charge in [0.1, 0.15) is 0 Å².